The summed E-state index contributed by atoms with van der Waals surface area (Å²) in [5.74, 6) is 0.610. The van der Waals surface area contributed by atoms with Gasteiger partial charge in [0.25, 0.3) is 5.56 Å². The lowest BCUT2D eigenvalue weighted by atomic mass is 10.2. The first-order chi connectivity index (χ1) is 17.1. The molecule has 8 nitrogen and oxygen atoms in total. The zero-order chi connectivity index (χ0) is 24.4. The summed E-state index contributed by atoms with van der Waals surface area (Å²) in [4.78, 5) is 25.6. The van der Waals surface area contributed by atoms with Gasteiger partial charge in [0.2, 0.25) is 0 Å². The lowest BCUT2D eigenvalue weighted by Crippen LogP contribution is -2.22. The Bertz CT molecular complexity index is 1660. The van der Waals surface area contributed by atoms with Gasteiger partial charge in [-0.1, -0.05) is 48.2 Å². The van der Waals surface area contributed by atoms with Crippen molar-refractivity contribution >= 4 is 39.3 Å². The zero-order valence-corrected chi connectivity index (χ0v) is 19.4. The Morgan fingerprint density at radius 1 is 1.06 bits per heavy atom. The number of hydrogen-bond donors (Lipinski definition) is 2. The number of H-pyrrole nitrogens is 1. The molecule has 3 aromatic carbocycles. The molecule has 35 heavy (non-hydrogen) atoms. The van der Waals surface area contributed by atoms with E-state index in [1.165, 1.54) is 11.7 Å². The maximum Gasteiger partial charge on any atom is 0.266 e. The number of nitrogens with one attached hydrogen (secondary N) is 1. The fourth-order valence-corrected chi connectivity index (χ4v) is 4.65. The third-order valence-electron chi connectivity index (χ3n) is 5.44. The second-order valence-electron chi connectivity index (χ2n) is 7.55. The molecule has 0 aliphatic carbocycles. The molecule has 172 valence electrons. The highest BCUT2D eigenvalue weighted by molar-refractivity contribution is 7.99. The number of nitrogens with zero attached hydrogens (tertiary/aromatic N) is 4. The van der Waals surface area contributed by atoms with Crippen LogP contribution in [-0.4, -0.2) is 37.5 Å². The van der Waals surface area contributed by atoms with Gasteiger partial charge in [0, 0.05) is 0 Å². The van der Waals surface area contributed by atoms with Gasteiger partial charge in [-0.05, 0) is 36.4 Å². The van der Waals surface area contributed by atoms with Gasteiger partial charge in [-0.15, -0.1) is 0 Å². The van der Waals surface area contributed by atoms with Gasteiger partial charge in [-0.3, -0.25) is 9.36 Å². The number of thioether (sulfide) groups is 1. The molecule has 0 amide bonds. The van der Waals surface area contributed by atoms with E-state index in [0.29, 0.717) is 33.0 Å². The number of rotatable bonds is 6. The minimum Gasteiger partial charge on any atom is -0.510 e. The van der Waals surface area contributed by atoms with Crippen LogP contribution < -0.4 is 10.3 Å². The Morgan fingerprint density at radius 3 is 2.54 bits per heavy atom. The van der Waals surface area contributed by atoms with Crippen LogP contribution in [0.1, 0.15) is 5.82 Å². The first kappa shape index (κ1) is 22.3. The van der Waals surface area contributed by atoms with Crippen LogP contribution in [0, 0.1) is 11.3 Å². The van der Waals surface area contributed by atoms with Gasteiger partial charge in [0.1, 0.15) is 23.2 Å². The molecule has 0 saturated heterocycles. The smallest absolute Gasteiger partial charge is 0.266 e. The largest absolute Gasteiger partial charge is 0.510 e. The van der Waals surface area contributed by atoms with Crippen LogP contribution in [0.25, 0.3) is 33.2 Å². The van der Waals surface area contributed by atoms with Crippen molar-refractivity contribution in [2.45, 2.75) is 5.16 Å². The quantitative estimate of drug-likeness (QED) is 0.154. The maximum atomic E-state index is 13.5. The molecule has 0 saturated carbocycles. The van der Waals surface area contributed by atoms with Crippen molar-refractivity contribution in [2.24, 2.45) is 0 Å². The first-order valence-electron chi connectivity index (χ1n) is 10.7. The molecule has 0 aliphatic rings. The predicted octanol–water partition coefficient (Wildman–Crippen LogP) is 4.86. The molecule has 2 heterocycles. The van der Waals surface area contributed by atoms with Crippen LogP contribution >= 0.6 is 11.8 Å². The summed E-state index contributed by atoms with van der Waals surface area (Å²) >= 11 is 1.14. The summed E-state index contributed by atoms with van der Waals surface area (Å²) in [5, 5.41) is 21.4. The van der Waals surface area contributed by atoms with Crippen LogP contribution in [0.4, 0.5) is 0 Å². The lowest BCUT2D eigenvalue weighted by molar-refractivity contribution is 0.411. The normalized spacial score (nSPS) is 11.9. The van der Waals surface area contributed by atoms with Crippen LogP contribution in [-0.2, 0) is 0 Å². The number of para-hydroxylation sites is 5. The Balaban J connectivity index is 1.59. The van der Waals surface area contributed by atoms with Crippen molar-refractivity contribution in [1.29, 1.82) is 5.26 Å². The summed E-state index contributed by atoms with van der Waals surface area (Å²) in [7, 11) is 1.53. The number of aromatic nitrogens is 4. The fraction of sp³-hybridized carbons (Fsp3) is 0.0769. The highest BCUT2D eigenvalue weighted by atomic mass is 32.2. The van der Waals surface area contributed by atoms with Crippen molar-refractivity contribution in [3.8, 4) is 17.5 Å². The summed E-state index contributed by atoms with van der Waals surface area (Å²) in [6.07, 6.45) is 0. The molecule has 5 rings (SSSR count). The number of ether oxygens (including phenoxy) is 1. The number of benzene rings is 3. The van der Waals surface area contributed by atoms with E-state index < -0.39 is 0 Å². The van der Waals surface area contributed by atoms with E-state index in [-0.39, 0.29) is 28.5 Å². The van der Waals surface area contributed by atoms with Gasteiger partial charge in [-0.2, -0.15) is 5.26 Å². The van der Waals surface area contributed by atoms with Crippen LogP contribution in [0.2, 0.25) is 0 Å². The number of methoxy groups -OCH3 is 1. The van der Waals surface area contributed by atoms with Crippen molar-refractivity contribution < 1.29 is 9.84 Å². The van der Waals surface area contributed by atoms with Crippen LogP contribution in [0.3, 0.4) is 0 Å². The van der Waals surface area contributed by atoms with E-state index in [9.17, 15) is 15.2 Å². The van der Waals surface area contributed by atoms with Gasteiger partial charge in [-0.25, -0.2) is 9.97 Å². The predicted molar refractivity (Wildman–Crippen MR) is 136 cm³/mol. The fourth-order valence-electron chi connectivity index (χ4n) is 3.77. The van der Waals surface area contributed by atoms with Crippen LogP contribution in [0.5, 0.6) is 5.75 Å². The lowest BCUT2D eigenvalue weighted by Gasteiger charge is -2.15. The minimum absolute atomic E-state index is 0.000131. The number of allylic oxidation sites excluding steroid dienone is 1. The minimum atomic E-state index is -0.260. The summed E-state index contributed by atoms with van der Waals surface area (Å²) in [5.41, 5.74) is 2.28. The molecule has 0 unspecified atom stereocenters. The van der Waals surface area contributed by atoms with Gasteiger partial charge in [0.15, 0.2) is 11.0 Å². The highest BCUT2D eigenvalue weighted by Gasteiger charge is 2.19. The molecule has 0 bridgehead atoms. The number of aliphatic hydroxyl groups is 1. The number of fused-ring (bicyclic) bond motifs is 2. The van der Waals surface area contributed by atoms with Gasteiger partial charge in [0.05, 0.1) is 40.5 Å². The van der Waals surface area contributed by atoms with Crippen LogP contribution in [0.15, 0.2) is 88.5 Å². The average molecular weight is 482 g/mol. The maximum absolute atomic E-state index is 13.5. The molecule has 0 radical (unpaired) electrons. The molecule has 0 aliphatic heterocycles. The van der Waals surface area contributed by atoms with E-state index in [1.807, 2.05) is 42.5 Å². The molecule has 2 N–H and O–H groups in total. The molecule has 9 heteroatoms. The number of nitriles is 1. The highest BCUT2D eigenvalue weighted by Crippen LogP contribution is 2.29. The Hall–Kier alpha value is -4.55. The summed E-state index contributed by atoms with van der Waals surface area (Å²) in [6.45, 7) is 0. The molecular weight excluding hydrogens is 462 g/mol. The van der Waals surface area contributed by atoms with Crippen molar-refractivity contribution in [2.75, 3.05) is 12.9 Å². The standard InChI is InChI=1S/C26H19N5O3S/c1-34-23-13-7-6-12-21(23)31-25(33)16-8-2-3-9-18(16)30-26(31)35-15-22(32)17(14-27)24-28-19-10-4-5-11-20(19)29-24/h2-13,32H,15H2,1H3,(H,28,29). The zero-order valence-electron chi connectivity index (χ0n) is 18.6. The van der Waals surface area contributed by atoms with E-state index in [4.69, 9.17) is 4.74 Å². The Labute approximate surface area is 204 Å². The molecular formula is C26H19N5O3S. The molecule has 0 atom stereocenters. The molecule has 0 spiro atoms. The summed E-state index contributed by atoms with van der Waals surface area (Å²) in [6, 6.07) is 23.6. The number of hydrogen-bond acceptors (Lipinski definition) is 7. The topological polar surface area (TPSA) is 117 Å². The number of aliphatic hydroxyl groups excluding tert-OH is 1. The average Bonchev–Trinajstić information content (AvgIpc) is 3.32. The molecule has 5 aromatic rings. The second-order valence-corrected chi connectivity index (χ2v) is 8.49. The number of aromatic amines is 1. The third-order valence-corrected chi connectivity index (χ3v) is 6.39. The Kier molecular flexibility index (Phi) is 5.95. The first-order valence-corrected chi connectivity index (χ1v) is 11.6. The van der Waals surface area contributed by atoms with E-state index in [2.05, 4.69) is 15.0 Å². The van der Waals surface area contributed by atoms with E-state index in [0.717, 1.165) is 17.3 Å². The summed E-state index contributed by atoms with van der Waals surface area (Å²) < 4.78 is 6.94. The van der Waals surface area contributed by atoms with E-state index in [1.54, 1.807) is 36.4 Å². The van der Waals surface area contributed by atoms with E-state index >= 15 is 0 Å². The monoisotopic (exact) mass is 481 g/mol. The Morgan fingerprint density at radius 2 is 1.77 bits per heavy atom. The van der Waals surface area contributed by atoms with Gasteiger partial charge < -0.3 is 14.8 Å². The van der Waals surface area contributed by atoms with Gasteiger partial charge >= 0.3 is 0 Å². The molecule has 2 aromatic heterocycles. The van der Waals surface area contributed by atoms with Crippen molar-refractivity contribution in [3.05, 3.63) is 94.7 Å². The number of imidazole rings is 1. The van der Waals surface area contributed by atoms with Crippen molar-refractivity contribution in [1.82, 2.24) is 19.5 Å². The second kappa shape index (κ2) is 9.37. The van der Waals surface area contributed by atoms with Crippen molar-refractivity contribution in [3.63, 3.8) is 0 Å². The third kappa shape index (κ3) is 4.11. The SMILES string of the molecule is COc1ccccc1-n1c(SCC(O)=C(C#N)c2nc3ccccc3[nH]2)nc2ccccc2c1=O. The molecule has 0 fully saturated rings.